The predicted molar refractivity (Wildman–Crippen MR) is 47.9 cm³/mol. The van der Waals surface area contributed by atoms with E-state index in [1.165, 1.54) is 7.11 Å². The maximum atomic E-state index is 9.17. The number of aliphatic hydroxyl groups is 1. The van der Waals surface area contributed by atoms with Crippen molar-refractivity contribution in [3.63, 3.8) is 0 Å². The van der Waals surface area contributed by atoms with E-state index in [4.69, 9.17) is 15.1 Å². The summed E-state index contributed by atoms with van der Waals surface area (Å²) in [6.45, 7) is 0. The summed E-state index contributed by atoms with van der Waals surface area (Å²) in [6, 6.07) is 9.14. The minimum absolute atomic E-state index is 0.409. The summed E-state index contributed by atoms with van der Waals surface area (Å²) >= 11 is 0. The zero-order chi connectivity index (χ0) is 9.68. The van der Waals surface area contributed by atoms with Gasteiger partial charge in [-0.25, -0.2) is 0 Å². The van der Waals surface area contributed by atoms with Gasteiger partial charge < -0.3 is 9.84 Å². The Morgan fingerprint density at radius 1 is 1.62 bits per heavy atom. The second-order valence-corrected chi connectivity index (χ2v) is 2.71. The van der Waals surface area contributed by atoms with E-state index in [-0.39, 0.29) is 0 Å². The molecule has 68 valence electrons. The number of hydrogen-bond acceptors (Lipinski definition) is 3. The normalized spacial score (nSPS) is 12.1. The molecule has 1 aromatic rings. The van der Waals surface area contributed by atoms with Crippen LogP contribution in [0.3, 0.4) is 0 Å². The molecule has 1 atom stereocenters. The molecular weight excluding hydrogens is 166 g/mol. The monoisotopic (exact) mass is 177 g/mol. The van der Waals surface area contributed by atoms with Crippen molar-refractivity contribution in [2.45, 2.75) is 12.7 Å². The zero-order valence-corrected chi connectivity index (χ0v) is 7.40. The maximum Gasteiger partial charge on any atom is 0.158 e. The molecule has 0 saturated carbocycles. The number of nitriles is 1. The van der Waals surface area contributed by atoms with E-state index in [9.17, 15) is 0 Å². The van der Waals surface area contributed by atoms with Crippen LogP contribution in [0.25, 0.3) is 0 Å². The molecule has 1 rings (SSSR count). The predicted octanol–water partition coefficient (Wildman–Crippen LogP) is 1.07. The van der Waals surface area contributed by atoms with E-state index in [1.54, 1.807) is 18.2 Å². The van der Waals surface area contributed by atoms with Gasteiger partial charge in [-0.2, -0.15) is 5.26 Å². The molecule has 1 unspecified atom stereocenters. The molecule has 0 aliphatic carbocycles. The Kier molecular flexibility index (Phi) is 3.44. The molecule has 3 nitrogen and oxygen atoms in total. The van der Waals surface area contributed by atoms with Crippen LogP contribution in [0.5, 0.6) is 0 Å². The Labute approximate surface area is 77.2 Å². The Balaban J connectivity index is 2.73. The molecule has 13 heavy (non-hydrogen) atoms. The first kappa shape index (κ1) is 9.72. The molecule has 0 bridgehead atoms. The smallest absolute Gasteiger partial charge is 0.158 e. The topological polar surface area (TPSA) is 53.2 Å². The third kappa shape index (κ3) is 2.86. The second-order valence-electron chi connectivity index (χ2n) is 2.71. The third-order valence-electron chi connectivity index (χ3n) is 1.74. The van der Waals surface area contributed by atoms with Gasteiger partial charge in [0.05, 0.1) is 11.6 Å². The molecule has 0 aliphatic rings. The highest BCUT2D eigenvalue weighted by Crippen LogP contribution is 2.06. The fourth-order valence-electron chi connectivity index (χ4n) is 1.05. The molecule has 0 spiro atoms. The van der Waals surface area contributed by atoms with Gasteiger partial charge in [-0.15, -0.1) is 0 Å². The van der Waals surface area contributed by atoms with Crippen molar-refractivity contribution in [1.29, 1.82) is 5.26 Å². The van der Waals surface area contributed by atoms with Crippen molar-refractivity contribution in [1.82, 2.24) is 0 Å². The molecule has 0 amide bonds. The largest absolute Gasteiger partial charge is 0.368 e. The molecule has 0 fully saturated rings. The minimum atomic E-state index is -0.797. The van der Waals surface area contributed by atoms with Gasteiger partial charge >= 0.3 is 0 Å². The second kappa shape index (κ2) is 4.61. The molecule has 1 N–H and O–H groups in total. The zero-order valence-electron chi connectivity index (χ0n) is 7.40. The number of ether oxygens (including phenoxy) is 1. The average Bonchev–Trinajstić information content (AvgIpc) is 2.18. The minimum Gasteiger partial charge on any atom is -0.368 e. The lowest BCUT2D eigenvalue weighted by molar-refractivity contribution is -0.0720. The fraction of sp³-hybridized carbons (Fsp3) is 0.300. The molecule has 0 aliphatic heterocycles. The molecule has 1 aromatic carbocycles. The van der Waals surface area contributed by atoms with Crippen LogP contribution in [0.1, 0.15) is 11.1 Å². The van der Waals surface area contributed by atoms with Crippen LogP contribution < -0.4 is 0 Å². The van der Waals surface area contributed by atoms with E-state index in [0.717, 1.165) is 5.56 Å². The van der Waals surface area contributed by atoms with Gasteiger partial charge in [0.15, 0.2) is 6.29 Å². The molecule has 3 heteroatoms. The van der Waals surface area contributed by atoms with Crippen molar-refractivity contribution in [2.24, 2.45) is 0 Å². The highest BCUT2D eigenvalue weighted by atomic mass is 16.6. The summed E-state index contributed by atoms with van der Waals surface area (Å²) in [4.78, 5) is 0. The van der Waals surface area contributed by atoms with Crippen molar-refractivity contribution < 1.29 is 9.84 Å². The summed E-state index contributed by atoms with van der Waals surface area (Å²) in [6.07, 6.45) is -0.389. The van der Waals surface area contributed by atoms with Crippen LogP contribution in [-0.4, -0.2) is 18.5 Å². The molecule has 0 aromatic heterocycles. The van der Waals surface area contributed by atoms with Crippen LogP contribution in [0.2, 0.25) is 0 Å². The lowest BCUT2D eigenvalue weighted by atomic mass is 10.1. The van der Waals surface area contributed by atoms with Crippen LogP contribution in [0.15, 0.2) is 24.3 Å². The van der Waals surface area contributed by atoms with Gasteiger partial charge in [0.25, 0.3) is 0 Å². The van der Waals surface area contributed by atoms with Crippen molar-refractivity contribution in [3.05, 3.63) is 35.4 Å². The molecular formula is C10H11NO2. The first-order valence-electron chi connectivity index (χ1n) is 3.96. The van der Waals surface area contributed by atoms with E-state index < -0.39 is 6.29 Å². The standard InChI is InChI=1S/C10H11NO2/c1-13-10(12)6-8-3-2-4-9(5-8)7-11/h2-5,10,12H,6H2,1H3. The third-order valence-corrected chi connectivity index (χ3v) is 1.74. The summed E-state index contributed by atoms with van der Waals surface area (Å²) in [5, 5.41) is 17.8. The quantitative estimate of drug-likeness (QED) is 0.702. The Bertz CT molecular complexity index is 317. The number of benzene rings is 1. The van der Waals surface area contributed by atoms with Gasteiger partial charge in [0.1, 0.15) is 0 Å². The average molecular weight is 177 g/mol. The number of aliphatic hydroxyl groups excluding tert-OH is 1. The highest BCUT2D eigenvalue weighted by molar-refractivity contribution is 5.32. The van der Waals surface area contributed by atoms with Gasteiger partial charge in [-0.3, -0.25) is 0 Å². The molecule has 0 saturated heterocycles. The van der Waals surface area contributed by atoms with E-state index in [0.29, 0.717) is 12.0 Å². The van der Waals surface area contributed by atoms with Gasteiger partial charge in [-0.05, 0) is 17.7 Å². The Morgan fingerprint density at radius 3 is 3.00 bits per heavy atom. The van der Waals surface area contributed by atoms with Gasteiger partial charge in [0, 0.05) is 13.5 Å². The van der Waals surface area contributed by atoms with E-state index in [2.05, 4.69) is 0 Å². The van der Waals surface area contributed by atoms with Crippen LogP contribution in [-0.2, 0) is 11.2 Å². The first-order valence-corrected chi connectivity index (χ1v) is 3.96. The van der Waals surface area contributed by atoms with Crippen molar-refractivity contribution in [3.8, 4) is 6.07 Å². The Morgan fingerprint density at radius 2 is 2.38 bits per heavy atom. The number of rotatable bonds is 3. The number of hydrogen-bond donors (Lipinski definition) is 1. The van der Waals surface area contributed by atoms with Gasteiger partial charge in [0.2, 0.25) is 0 Å². The molecule has 0 heterocycles. The van der Waals surface area contributed by atoms with E-state index in [1.807, 2.05) is 12.1 Å². The summed E-state index contributed by atoms with van der Waals surface area (Å²) < 4.78 is 4.70. The van der Waals surface area contributed by atoms with Crippen LogP contribution >= 0.6 is 0 Å². The van der Waals surface area contributed by atoms with Crippen LogP contribution in [0, 0.1) is 11.3 Å². The fourth-order valence-corrected chi connectivity index (χ4v) is 1.05. The lowest BCUT2D eigenvalue weighted by Gasteiger charge is -2.07. The summed E-state index contributed by atoms with van der Waals surface area (Å²) in [5.41, 5.74) is 1.49. The van der Waals surface area contributed by atoms with Crippen molar-refractivity contribution in [2.75, 3.05) is 7.11 Å². The summed E-state index contributed by atoms with van der Waals surface area (Å²) in [7, 11) is 1.44. The number of nitrogens with zero attached hydrogens (tertiary/aromatic N) is 1. The lowest BCUT2D eigenvalue weighted by Crippen LogP contribution is -2.12. The highest BCUT2D eigenvalue weighted by Gasteiger charge is 2.03. The van der Waals surface area contributed by atoms with Gasteiger partial charge in [-0.1, -0.05) is 12.1 Å². The maximum absolute atomic E-state index is 9.17. The first-order chi connectivity index (χ1) is 6.26. The van der Waals surface area contributed by atoms with Crippen molar-refractivity contribution >= 4 is 0 Å². The van der Waals surface area contributed by atoms with E-state index >= 15 is 0 Å². The SMILES string of the molecule is COC(O)Cc1cccc(C#N)c1. The molecule has 0 radical (unpaired) electrons. The van der Waals surface area contributed by atoms with Crippen LogP contribution in [0.4, 0.5) is 0 Å². The Hall–Kier alpha value is -1.37. The summed E-state index contributed by atoms with van der Waals surface area (Å²) in [5.74, 6) is 0. The number of methoxy groups -OCH3 is 1.